The number of nitrogens with zero attached hydrogens (tertiary/aromatic N) is 5. The first-order valence-electron chi connectivity index (χ1n) is 5.26. The standard InChI is InChI=1S/C10H15N5O/c1-3-4-15-9(5-12-13-15)10(16)8-6-14(2)7-11-8/h5-7,10,16H,3-4H2,1-2H3. The molecule has 2 rings (SSSR count). The predicted octanol–water partition coefficient (Wildman–Crippen LogP) is 0.503. The third-order valence-corrected chi connectivity index (χ3v) is 2.37. The van der Waals surface area contributed by atoms with Crippen LogP contribution in [-0.4, -0.2) is 29.7 Å². The van der Waals surface area contributed by atoms with Crippen LogP contribution in [-0.2, 0) is 13.6 Å². The third-order valence-electron chi connectivity index (χ3n) is 2.37. The van der Waals surface area contributed by atoms with E-state index in [1.54, 1.807) is 28.0 Å². The Morgan fingerprint density at radius 3 is 2.94 bits per heavy atom. The Kier molecular flexibility index (Phi) is 3.00. The van der Waals surface area contributed by atoms with Crippen molar-refractivity contribution >= 4 is 0 Å². The van der Waals surface area contributed by atoms with Crippen molar-refractivity contribution in [3.8, 4) is 0 Å². The monoisotopic (exact) mass is 221 g/mol. The maximum Gasteiger partial charge on any atom is 0.141 e. The topological polar surface area (TPSA) is 68.8 Å². The molecule has 0 aliphatic rings. The highest BCUT2D eigenvalue weighted by molar-refractivity contribution is 5.14. The molecule has 1 unspecified atom stereocenters. The van der Waals surface area contributed by atoms with Gasteiger partial charge in [0, 0.05) is 19.8 Å². The molecule has 1 atom stereocenters. The highest BCUT2D eigenvalue weighted by atomic mass is 16.3. The van der Waals surface area contributed by atoms with E-state index in [-0.39, 0.29) is 0 Å². The second kappa shape index (κ2) is 4.44. The van der Waals surface area contributed by atoms with E-state index >= 15 is 0 Å². The van der Waals surface area contributed by atoms with Crippen molar-refractivity contribution in [2.24, 2.45) is 7.05 Å². The first-order valence-corrected chi connectivity index (χ1v) is 5.26. The third kappa shape index (κ3) is 1.96. The van der Waals surface area contributed by atoms with Crippen molar-refractivity contribution < 1.29 is 5.11 Å². The molecule has 86 valence electrons. The van der Waals surface area contributed by atoms with Crippen molar-refractivity contribution in [2.45, 2.75) is 26.0 Å². The van der Waals surface area contributed by atoms with Crippen LogP contribution in [0.2, 0.25) is 0 Å². The molecule has 16 heavy (non-hydrogen) atoms. The number of aromatic nitrogens is 5. The zero-order valence-electron chi connectivity index (χ0n) is 9.41. The van der Waals surface area contributed by atoms with Gasteiger partial charge in [0.1, 0.15) is 6.10 Å². The molecule has 0 radical (unpaired) electrons. The van der Waals surface area contributed by atoms with Crippen molar-refractivity contribution in [2.75, 3.05) is 0 Å². The molecule has 0 bridgehead atoms. The molecule has 0 spiro atoms. The molecule has 1 N–H and O–H groups in total. The SMILES string of the molecule is CCCn1nncc1C(O)c1cn(C)cn1. The Morgan fingerprint density at radius 2 is 2.31 bits per heavy atom. The second-order valence-corrected chi connectivity index (χ2v) is 3.75. The quantitative estimate of drug-likeness (QED) is 0.816. The minimum absolute atomic E-state index is 0.613. The summed E-state index contributed by atoms with van der Waals surface area (Å²) in [5.74, 6) is 0. The highest BCUT2D eigenvalue weighted by Gasteiger charge is 2.17. The molecule has 0 aliphatic carbocycles. The molecule has 0 fully saturated rings. The average molecular weight is 221 g/mol. The predicted molar refractivity (Wildman–Crippen MR) is 57.6 cm³/mol. The van der Waals surface area contributed by atoms with Gasteiger partial charge in [-0.25, -0.2) is 9.67 Å². The minimum atomic E-state index is -0.761. The number of aryl methyl sites for hydroxylation is 2. The van der Waals surface area contributed by atoms with Crippen LogP contribution in [0.15, 0.2) is 18.7 Å². The summed E-state index contributed by atoms with van der Waals surface area (Å²) in [6.45, 7) is 2.80. The van der Waals surface area contributed by atoms with Gasteiger partial charge < -0.3 is 9.67 Å². The van der Waals surface area contributed by atoms with E-state index < -0.39 is 6.10 Å². The number of hydrogen-bond acceptors (Lipinski definition) is 4. The minimum Gasteiger partial charge on any atom is -0.380 e. The van der Waals surface area contributed by atoms with Gasteiger partial charge in [-0.15, -0.1) is 5.10 Å². The van der Waals surface area contributed by atoms with Crippen molar-refractivity contribution in [1.82, 2.24) is 24.5 Å². The summed E-state index contributed by atoms with van der Waals surface area (Å²) >= 11 is 0. The highest BCUT2D eigenvalue weighted by Crippen LogP contribution is 2.18. The molecule has 2 heterocycles. The summed E-state index contributed by atoms with van der Waals surface area (Å²) in [6.07, 6.45) is 5.21. The van der Waals surface area contributed by atoms with Crippen molar-refractivity contribution in [3.05, 3.63) is 30.1 Å². The van der Waals surface area contributed by atoms with Crippen LogP contribution < -0.4 is 0 Å². The summed E-state index contributed by atoms with van der Waals surface area (Å²) in [7, 11) is 1.87. The number of hydrogen-bond donors (Lipinski definition) is 1. The molecule has 0 saturated carbocycles. The first kappa shape index (κ1) is 10.8. The first-order chi connectivity index (χ1) is 7.72. The lowest BCUT2D eigenvalue weighted by atomic mass is 10.2. The van der Waals surface area contributed by atoms with E-state index in [0.717, 1.165) is 13.0 Å². The van der Waals surface area contributed by atoms with Crippen LogP contribution in [0.1, 0.15) is 30.8 Å². The fourth-order valence-electron chi connectivity index (χ4n) is 1.59. The summed E-state index contributed by atoms with van der Waals surface area (Å²) in [6, 6.07) is 0. The molecule has 0 aliphatic heterocycles. The van der Waals surface area contributed by atoms with Gasteiger partial charge in [-0.05, 0) is 6.42 Å². The van der Waals surface area contributed by atoms with Crippen LogP contribution in [0.5, 0.6) is 0 Å². The smallest absolute Gasteiger partial charge is 0.141 e. The summed E-state index contributed by atoms with van der Waals surface area (Å²) < 4.78 is 3.51. The van der Waals surface area contributed by atoms with E-state index in [9.17, 15) is 5.11 Å². The fraction of sp³-hybridized carbons (Fsp3) is 0.500. The summed E-state index contributed by atoms with van der Waals surface area (Å²) in [4.78, 5) is 4.12. The van der Waals surface area contributed by atoms with Gasteiger partial charge in [-0.3, -0.25) is 0 Å². The maximum atomic E-state index is 10.1. The summed E-state index contributed by atoms with van der Waals surface area (Å²) in [5, 5.41) is 17.9. The van der Waals surface area contributed by atoms with Crippen molar-refractivity contribution in [1.29, 1.82) is 0 Å². The van der Waals surface area contributed by atoms with Crippen LogP contribution in [0.4, 0.5) is 0 Å². The maximum absolute atomic E-state index is 10.1. The van der Waals surface area contributed by atoms with E-state index in [2.05, 4.69) is 22.2 Å². The van der Waals surface area contributed by atoms with Gasteiger partial charge in [0.25, 0.3) is 0 Å². The van der Waals surface area contributed by atoms with E-state index in [1.165, 1.54) is 0 Å². The van der Waals surface area contributed by atoms with E-state index in [4.69, 9.17) is 0 Å². The van der Waals surface area contributed by atoms with Crippen LogP contribution in [0.25, 0.3) is 0 Å². The largest absolute Gasteiger partial charge is 0.380 e. The average Bonchev–Trinajstić information content (AvgIpc) is 2.87. The Labute approximate surface area is 93.5 Å². The Morgan fingerprint density at radius 1 is 1.50 bits per heavy atom. The number of aliphatic hydroxyl groups excluding tert-OH is 1. The van der Waals surface area contributed by atoms with Crippen molar-refractivity contribution in [3.63, 3.8) is 0 Å². The molecule has 2 aromatic heterocycles. The van der Waals surface area contributed by atoms with Gasteiger partial charge in [0.15, 0.2) is 0 Å². The second-order valence-electron chi connectivity index (χ2n) is 3.75. The lowest BCUT2D eigenvalue weighted by Gasteiger charge is -2.09. The van der Waals surface area contributed by atoms with E-state index in [1.807, 2.05) is 7.05 Å². The number of rotatable bonds is 4. The zero-order valence-corrected chi connectivity index (χ0v) is 9.41. The van der Waals surface area contributed by atoms with Crippen LogP contribution >= 0.6 is 0 Å². The molecular formula is C10H15N5O. The van der Waals surface area contributed by atoms with E-state index in [0.29, 0.717) is 11.4 Å². The van der Waals surface area contributed by atoms with Gasteiger partial charge in [0.05, 0.1) is 23.9 Å². The molecule has 6 heteroatoms. The molecule has 0 aromatic carbocycles. The normalized spacial score (nSPS) is 12.9. The Hall–Kier alpha value is -1.69. The number of aliphatic hydroxyl groups is 1. The Bertz CT molecular complexity index is 461. The molecule has 6 nitrogen and oxygen atoms in total. The lowest BCUT2D eigenvalue weighted by molar-refractivity contribution is 0.203. The van der Waals surface area contributed by atoms with Crippen LogP contribution in [0, 0.1) is 0 Å². The number of imidazole rings is 1. The van der Waals surface area contributed by atoms with Gasteiger partial charge in [-0.1, -0.05) is 12.1 Å². The molecule has 2 aromatic rings. The summed E-state index contributed by atoms with van der Waals surface area (Å²) in [5.41, 5.74) is 1.29. The Balaban J connectivity index is 2.26. The molecule has 0 saturated heterocycles. The lowest BCUT2D eigenvalue weighted by Crippen LogP contribution is -2.10. The van der Waals surface area contributed by atoms with Gasteiger partial charge >= 0.3 is 0 Å². The molecule has 0 amide bonds. The zero-order chi connectivity index (χ0) is 11.5. The fourth-order valence-corrected chi connectivity index (χ4v) is 1.59. The van der Waals surface area contributed by atoms with Gasteiger partial charge in [-0.2, -0.15) is 0 Å². The van der Waals surface area contributed by atoms with Gasteiger partial charge in [0.2, 0.25) is 0 Å². The molecular weight excluding hydrogens is 206 g/mol. The van der Waals surface area contributed by atoms with Crippen LogP contribution in [0.3, 0.4) is 0 Å².